The Morgan fingerprint density at radius 2 is 0.831 bits per heavy atom. The molecule has 5 unspecified atom stereocenters. The van der Waals surface area contributed by atoms with Crippen molar-refractivity contribution in [2.24, 2.45) is 47.3 Å². The van der Waals surface area contributed by atoms with Crippen molar-refractivity contribution < 1.29 is 0 Å². The van der Waals surface area contributed by atoms with Crippen molar-refractivity contribution >= 4 is 38.9 Å². The number of aromatic nitrogens is 1. The highest BCUT2D eigenvalue weighted by Crippen LogP contribution is 2.71. The Bertz CT molecular complexity index is 3260. The molecule has 7 aromatic carbocycles. The quantitative estimate of drug-likeness (QED) is 0.171. The first-order valence-electron chi connectivity index (χ1n) is 25.5. The van der Waals surface area contributed by atoms with Crippen molar-refractivity contribution in [2.45, 2.75) is 81.5 Å². The molecule has 2 spiro atoms. The standard InChI is InChI=1S/C63H56N2/c1-2-10-46(11-3-1)65-60-17-9-6-14-54(60)55-35-47(22-25-61(55)65)64(49-21-24-53-51-13-5-8-16-57(51)63(59(53)37-49)44-31-40-27-41(33-44)34-45(63)32-40)48-20-23-52-50-12-4-7-15-56(50)62(58(52)36-48)42-19-18-38-26-39(29-42)30-43(62)28-38/h1-17,20-25,35-45H,18-19,26-34H2. The number of rotatable bonds is 4. The van der Waals surface area contributed by atoms with E-state index in [1.54, 1.807) is 22.3 Å². The first-order chi connectivity index (χ1) is 32.1. The SMILES string of the molecule is c1ccc(-n2c3ccccc3c3cc(N(c4ccc5c(c4)C4(c6ccccc6-5)C5CCC6CC(C5)CC4C6)c4ccc5c(c4)C4(c6ccccc6-5)C5CC6CC(C5)CC4C6)ccc32)cc1. The minimum Gasteiger partial charge on any atom is -0.310 e. The maximum atomic E-state index is 2.73. The highest BCUT2D eigenvalue weighted by Gasteiger charge is 2.62. The molecule has 1 heterocycles. The molecule has 318 valence electrons. The Hall–Kier alpha value is -5.86. The summed E-state index contributed by atoms with van der Waals surface area (Å²) in [5.41, 5.74) is 20.3. The maximum absolute atomic E-state index is 2.73. The lowest BCUT2D eigenvalue weighted by Gasteiger charge is -2.61. The summed E-state index contributed by atoms with van der Waals surface area (Å²) in [7, 11) is 0. The average Bonchev–Trinajstić information content (AvgIpc) is 3.87. The van der Waals surface area contributed by atoms with Crippen LogP contribution in [0.1, 0.15) is 92.9 Å². The van der Waals surface area contributed by atoms with Crippen LogP contribution in [0.25, 0.3) is 49.7 Å². The summed E-state index contributed by atoms with van der Waals surface area (Å²) < 4.78 is 2.47. The fraction of sp³-hybridized carbons (Fsp3) is 0.333. The van der Waals surface area contributed by atoms with E-state index in [1.807, 2.05) is 0 Å². The molecule has 0 amide bonds. The number of fused-ring (bicyclic) bond motifs is 10. The van der Waals surface area contributed by atoms with Gasteiger partial charge in [0.25, 0.3) is 0 Å². The normalized spacial score (nSPS) is 31.4. The Kier molecular flexibility index (Phi) is 7.24. The summed E-state index contributed by atoms with van der Waals surface area (Å²) in [6.45, 7) is 0. The first kappa shape index (κ1) is 36.4. The number of hydrogen-bond acceptors (Lipinski definition) is 1. The zero-order valence-electron chi connectivity index (χ0n) is 37.3. The molecule has 8 saturated carbocycles. The molecule has 8 fully saturated rings. The first-order valence-corrected chi connectivity index (χ1v) is 25.5. The second-order valence-corrected chi connectivity index (χ2v) is 22.5. The Labute approximate surface area is 383 Å². The van der Waals surface area contributed by atoms with Crippen molar-refractivity contribution in [1.82, 2.24) is 4.57 Å². The van der Waals surface area contributed by atoms with Crippen molar-refractivity contribution in [1.29, 1.82) is 0 Å². The van der Waals surface area contributed by atoms with Gasteiger partial charge in [-0.3, -0.25) is 0 Å². The van der Waals surface area contributed by atoms with Gasteiger partial charge in [0, 0.05) is 44.4 Å². The van der Waals surface area contributed by atoms with Crippen LogP contribution in [0, 0.1) is 47.3 Å². The van der Waals surface area contributed by atoms with Crippen LogP contribution in [0.5, 0.6) is 0 Å². The van der Waals surface area contributed by atoms with Crippen molar-refractivity contribution in [3.05, 3.63) is 180 Å². The van der Waals surface area contributed by atoms with Gasteiger partial charge in [-0.25, -0.2) is 0 Å². The minimum absolute atomic E-state index is 0.0936. The van der Waals surface area contributed by atoms with Gasteiger partial charge >= 0.3 is 0 Å². The van der Waals surface area contributed by atoms with Crippen LogP contribution in [-0.2, 0) is 10.8 Å². The minimum atomic E-state index is 0.0936. The molecule has 2 nitrogen and oxygen atoms in total. The third-order valence-electron chi connectivity index (χ3n) is 19.8. The van der Waals surface area contributed by atoms with Gasteiger partial charge in [-0.05, 0) is 217 Å². The average molecular weight is 841 g/mol. The lowest BCUT2D eigenvalue weighted by molar-refractivity contribution is -0.0399. The van der Waals surface area contributed by atoms with Crippen LogP contribution >= 0.6 is 0 Å². The van der Waals surface area contributed by atoms with Crippen LogP contribution in [0.2, 0.25) is 0 Å². The molecule has 0 saturated heterocycles. The lowest BCUT2D eigenvalue weighted by atomic mass is 9.43. The van der Waals surface area contributed by atoms with E-state index in [1.165, 1.54) is 137 Å². The van der Waals surface area contributed by atoms with Crippen molar-refractivity contribution in [2.75, 3.05) is 4.90 Å². The topological polar surface area (TPSA) is 8.17 Å². The van der Waals surface area contributed by atoms with E-state index in [0.29, 0.717) is 11.8 Å². The van der Waals surface area contributed by atoms with Gasteiger partial charge in [-0.2, -0.15) is 0 Å². The number of anilines is 3. The van der Waals surface area contributed by atoms with Crippen LogP contribution in [-0.4, -0.2) is 4.57 Å². The Morgan fingerprint density at radius 1 is 0.354 bits per heavy atom. The van der Waals surface area contributed by atoms with Crippen LogP contribution in [0.15, 0.2) is 158 Å². The van der Waals surface area contributed by atoms with Crippen LogP contribution in [0.3, 0.4) is 0 Å². The molecule has 0 aliphatic heterocycles. The summed E-state index contributed by atoms with van der Waals surface area (Å²) in [4.78, 5) is 2.70. The molecule has 18 rings (SSSR count). The molecular formula is C63H56N2. The van der Waals surface area contributed by atoms with Gasteiger partial charge in [-0.15, -0.1) is 0 Å². The highest BCUT2D eigenvalue weighted by molar-refractivity contribution is 6.10. The Morgan fingerprint density at radius 3 is 1.49 bits per heavy atom. The number of para-hydroxylation sites is 2. The summed E-state index contributed by atoms with van der Waals surface area (Å²) in [6.07, 6.45) is 15.5. The summed E-state index contributed by atoms with van der Waals surface area (Å²) in [6, 6.07) is 62.2. The smallest absolute Gasteiger partial charge is 0.0542 e. The van der Waals surface area contributed by atoms with Crippen molar-refractivity contribution in [3.63, 3.8) is 0 Å². The highest BCUT2D eigenvalue weighted by atomic mass is 15.1. The van der Waals surface area contributed by atoms with Crippen LogP contribution in [0.4, 0.5) is 17.1 Å². The largest absolute Gasteiger partial charge is 0.310 e. The van der Waals surface area contributed by atoms with Gasteiger partial charge < -0.3 is 9.47 Å². The molecule has 10 aliphatic rings. The van der Waals surface area contributed by atoms with Gasteiger partial charge in [0.05, 0.1) is 11.0 Å². The molecule has 65 heavy (non-hydrogen) atoms. The fourth-order valence-electron chi connectivity index (χ4n) is 18.1. The predicted molar refractivity (Wildman–Crippen MR) is 267 cm³/mol. The third-order valence-corrected chi connectivity index (χ3v) is 19.8. The second kappa shape index (κ2) is 12.9. The van der Waals surface area contributed by atoms with Crippen LogP contribution < -0.4 is 4.90 Å². The van der Waals surface area contributed by atoms with E-state index in [2.05, 4.69) is 167 Å². The molecule has 2 heteroatoms. The van der Waals surface area contributed by atoms with E-state index in [4.69, 9.17) is 0 Å². The zero-order chi connectivity index (χ0) is 42.2. The fourth-order valence-corrected chi connectivity index (χ4v) is 18.1. The monoisotopic (exact) mass is 840 g/mol. The van der Waals surface area contributed by atoms with Crippen molar-refractivity contribution in [3.8, 4) is 27.9 Å². The summed E-state index contributed by atoms with van der Waals surface area (Å²) >= 11 is 0. The molecular weight excluding hydrogens is 785 g/mol. The summed E-state index contributed by atoms with van der Waals surface area (Å²) in [5.74, 6) is 6.52. The zero-order valence-corrected chi connectivity index (χ0v) is 37.3. The second-order valence-electron chi connectivity index (χ2n) is 22.5. The number of nitrogens with zero attached hydrogens (tertiary/aromatic N) is 2. The van der Waals surface area contributed by atoms with Gasteiger partial charge in [0.1, 0.15) is 0 Å². The summed E-state index contributed by atoms with van der Waals surface area (Å²) in [5, 5.41) is 2.61. The molecule has 8 aromatic rings. The van der Waals surface area contributed by atoms with Gasteiger partial charge in [0.15, 0.2) is 0 Å². The molecule has 0 radical (unpaired) electrons. The lowest BCUT2D eigenvalue weighted by Crippen LogP contribution is -2.55. The Balaban J connectivity index is 0.944. The maximum Gasteiger partial charge on any atom is 0.0542 e. The number of benzene rings is 7. The van der Waals surface area contributed by atoms with E-state index < -0.39 is 0 Å². The van der Waals surface area contributed by atoms with Gasteiger partial charge in [0.2, 0.25) is 0 Å². The van der Waals surface area contributed by atoms with E-state index in [-0.39, 0.29) is 10.8 Å². The van der Waals surface area contributed by atoms with E-state index >= 15 is 0 Å². The van der Waals surface area contributed by atoms with E-state index in [9.17, 15) is 0 Å². The predicted octanol–water partition coefficient (Wildman–Crippen LogP) is 16.1. The molecule has 10 aliphatic carbocycles. The molecule has 5 atom stereocenters. The third kappa shape index (κ3) is 4.62. The molecule has 1 aromatic heterocycles. The van der Waals surface area contributed by atoms with Gasteiger partial charge in [-0.1, -0.05) is 103 Å². The molecule has 8 bridgehead atoms. The van der Waals surface area contributed by atoms with E-state index in [0.717, 1.165) is 35.5 Å². The molecule has 0 N–H and O–H groups in total. The number of hydrogen-bond donors (Lipinski definition) is 0.